The van der Waals surface area contributed by atoms with Crippen LogP contribution >= 0.6 is 7.29 Å². The number of methoxy groups -OCH3 is 1. The summed E-state index contributed by atoms with van der Waals surface area (Å²) in [5, 5.41) is 6.67. The van der Waals surface area contributed by atoms with Gasteiger partial charge in [0, 0.05) is 16.3 Å². The van der Waals surface area contributed by atoms with Crippen LogP contribution in [0.2, 0.25) is 13.1 Å². The highest BCUT2D eigenvalue weighted by atomic mass is 31.2. The maximum atomic E-state index is 14.9. The molecule has 0 aliphatic carbocycles. The second-order valence-electron chi connectivity index (χ2n) is 8.70. The summed E-state index contributed by atoms with van der Waals surface area (Å²) in [6, 6.07) is 38.3. The predicted octanol–water partition coefficient (Wildman–Crippen LogP) is 5.41. The van der Waals surface area contributed by atoms with Crippen molar-refractivity contribution < 1.29 is 9.30 Å². The molecule has 0 spiro atoms. The number of hydrogen-bond donors (Lipinski definition) is 1. The van der Waals surface area contributed by atoms with Crippen LogP contribution < -0.4 is 25.6 Å². The van der Waals surface area contributed by atoms with Gasteiger partial charge in [-0.05, 0) is 42.0 Å². The van der Waals surface area contributed by atoms with Crippen LogP contribution in [-0.4, -0.2) is 15.2 Å². The van der Waals surface area contributed by atoms with Gasteiger partial charge in [-0.1, -0.05) is 97.1 Å². The van der Waals surface area contributed by atoms with Crippen LogP contribution in [0.5, 0.6) is 5.75 Å². The fourth-order valence-corrected chi connectivity index (χ4v) is 10.8. The summed E-state index contributed by atoms with van der Waals surface area (Å²) in [4.78, 5) is 0. The molecule has 1 atom stereocenters. The standard InChI is InChI=1S/C28H30NO2PSi/c1-31-24-21-19-23(20-22-24)28(33(2,3)27-17-11-6-12-18-27)29-32(30,25-13-7-4-8-14-25)26-15-9-5-10-16-26/h4-22,28H,1-3H3,(H,29,30). The third-order valence-corrected chi connectivity index (χ3v) is 12.9. The second-order valence-corrected chi connectivity index (χ2v) is 15.8. The van der Waals surface area contributed by atoms with Crippen molar-refractivity contribution >= 4 is 31.2 Å². The van der Waals surface area contributed by atoms with Gasteiger partial charge in [-0.15, -0.1) is 0 Å². The van der Waals surface area contributed by atoms with Crippen molar-refractivity contribution in [2.45, 2.75) is 18.8 Å². The molecular weight excluding hydrogens is 441 g/mol. The summed E-state index contributed by atoms with van der Waals surface area (Å²) in [5.41, 5.74) is 1.03. The third kappa shape index (κ3) is 4.89. The Morgan fingerprint density at radius 2 is 1.15 bits per heavy atom. The monoisotopic (exact) mass is 471 g/mol. The topological polar surface area (TPSA) is 38.3 Å². The van der Waals surface area contributed by atoms with E-state index in [0.29, 0.717) is 0 Å². The molecule has 0 saturated heterocycles. The first-order valence-corrected chi connectivity index (χ1v) is 15.9. The predicted molar refractivity (Wildman–Crippen MR) is 142 cm³/mol. The summed E-state index contributed by atoms with van der Waals surface area (Å²) in [6.07, 6.45) is 0. The zero-order valence-corrected chi connectivity index (χ0v) is 21.2. The van der Waals surface area contributed by atoms with E-state index in [1.807, 2.05) is 78.9 Å². The Bertz CT molecular complexity index is 1170. The highest BCUT2D eigenvalue weighted by molar-refractivity contribution is 7.77. The Hall–Kier alpha value is -2.91. The van der Waals surface area contributed by atoms with E-state index in [1.165, 1.54) is 5.19 Å². The Balaban J connectivity index is 1.87. The van der Waals surface area contributed by atoms with Crippen LogP contribution in [0.4, 0.5) is 0 Å². The summed E-state index contributed by atoms with van der Waals surface area (Å²) < 4.78 is 20.3. The van der Waals surface area contributed by atoms with Crippen LogP contribution in [0.3, 0.4) is 0 Å². The number of hydrogen-bond acceptors (Lipinski definition) is 2. The molecule has 0 saturated carbocycles. The Morgan fingerprint density at radius 3 is 1.61 bits per heavy atom. The molecule has 168 valence electrons. The lowest BCUT2D eigenvalue weighted by Crippen LogP contribution is -2.53. The average molecular weight is 472 g/mol. The SMILES string of the molecule is COc1ccc(C(NP(=O)(c2ccccc2)c2ccccc2)[Si](C)(C)c2ccccc2)cc1. The lowest BCUT2D eigenvalue weighted by Gasteiger charge is -2.37. The molecule has 4 aromatic rings. The molecule has 4 aromatic carbocycles. The summed E-state index contributed by atoms with van der Waals surface area (Å²) in [7, 11) is -3.63. The van der Waals surface area contributed by atoms with Crippen LogP contribution in [0.25, 0.3) is 0 Å². The van der Waals surface area contributed by atoms with Crippen molar-refractivity contribution in [1.82, 2.24) is 5.09 Å². The van der Waals surface area contributed by atoms with Crippen LogP contribution in [-0.2, 0) is 4.57 Å². The molecule has 0 heterocycles. The van der Waals surface area contributed by atoms with E-state index in [4.69, 9.17) is 4.74 Å². The van der Waals surface area contributed by atoms with Crippen LogP contribution in [0, 0.1) is 0 Å². The molecule has 0 aliphatic heterocycles. The molecular formula is C28H30NO2PSi. The molecule has 0 aliphatic rings. The Kier molecular flexibility index (Phi) is 6.99. The normalized spacial score (nSPS) is 12.8. The zero-order valence-electron chi connectivity index (χ0n) is 19.3. The molecule has 0 radical (unpaired) electrons. The average Bonchev–Trinajstić information content (AvgIpc) is 2.88. The van der Waals surface area contributed by atoms with E-state index in [1.54, 1.807) is 7.11 Å². The molecule has 0 aromatic heterocycles. The highest BCUT2D eigenvalue weighted by Crippen LogP contribution is 2.44. The Morgan fingerprint density at radius 1 is 0.697 bits per heavy atom. The maximum absolute atomic E-state index is 14.9. The lowest BCUT2D eigenvalue weighted by molar-refractivity contribution is 0.414. The van der Waals surface area contributed by atoms with Gasteiger partial charge >= 0.3 is 0 Å². The molecule has 0 bridgehead atoms. The van der Waals surface area contributed by atoms with Gasteiger partial charge in [0.15, 0.2) is 0 Å². The minimum atomic E-state index is -3.13. The van der Waals surface area contributed by atoms with E-state index < -0.39 is 15.4 Å². The molecule has 0 fully saturated rings. The van der Waals surface area contributed by atoms with Crippen molar-refractivity contribution in [2.75, 3.05) is 7.11 Å². The van der Waals surface area contributed by atoms with Gasteiger partial charge in [0.2, 0.25) is 7.29 Å². The van der Waals surface area contributed by atoms with E-state index >= 15 is 0 Å². The third-order valence-electron chi connectivity index (χ3n) is 6.24. The second kappa shape index (κ2) is 9.92. The smallest absolute Gasteiger partial charge is 0.204 e. The van der Waals surface area contributed by atoms with E-state index in [0.717, 1.165) is 21.9 Å². The molecule has 0 amide bonds. The first-order valence-electron chi connectivity index (χ1n) is 11.1. The summed E-state index contributed by atoms with van der Waals surface area (Å²) in [5.74, 6) is 0.811. The minimum absolute atomic E-state index is 0.0861. The van der Waals surface area contributed by atoms with Gasteiger partial charge in [-0.3, -0.25) is 9.65 Å². The summed E-state index contributed by atoms with van der Waals surface area (Å²) >= 11 is 0. The van der Waals surface area contributed by atoms with Gasteiger partial charge in [0.1, 0.15) is 13.8 Å². The minimum Gasteiger partial charge on any atom is -0.497 e. The molecule has 3 nitrogen and oxygen atoms in total. The molecule has 1 unspecified atom stereocenters. The van der Waals surface area contributed by atoms with Crippen molar-refractivity contribution in [3.05, 3.63) is 121 Å². The number of nitrogens with one attached hydrogen (secondary N) is 1. The first-order chi connectivity index (χ1) is 15.9. The lowest BCUT2D eigenvalue weighted by atomic mass is 10.2. The summed E-state index contributed by atoms with van der Waals surface area (Å²) in [6.45, 7) is 4.68. The zero-order chi connectivity index (χ0) is 23.3. The van der Waals surface area contributed by atoms with Gasteiger partial charge in [0.05, 0.1) is 7.11 Å². The van der Waals surface area contributed by atoms with Crippen LogP contribution in [0.15, 0.2) is 115 Å². The molecule has 33 heavy (non-hydrogen) atoms. The first kappa shape index (κ1) is 23.3. The Labute approximate surface area is 197 Å². The fraction of sp³-hybridized carbons (Fsp3) is 0.143. The van der Waals surface area contributed by atoms with E-state index in [9.17, 15) is 4.57 Å². The number of benzene rings is 4. The van der Waals surface area contributed by atoms with Crippen molar-refractivity contribution in [1.29, 1.82) is 0 Å². The fourth-order valence-electron chi connectivity index (χ4n) is 4.24. The quantitative estimate of drug-likeness (QED) is 0.276. The highest BCUT2D eigenvalue weighted by Gasteiger charge is 2.40. The van der Waals surface area contributed by atoms with Gasteiger partial charge < -0.3 is 4.74 Å². The van der Waals surface area contributed by atoms with Gasteiger partial charge in [-0.25, -0.2) is 0 Å². The van der Waals surface area contributed by atoms with Crippen molar-refractivity contribution in [3.8, 4) is 5.75 Å². The van der Waals surface area contributed by atoms with Crippen molar-refractivity contribution in [2.24, 2.45) is 0 Å². The van der Waals surface area contributed by atoms with Crippen LogP contribution in [0.1, 0.15) is 11.2 Å². The van der Waals surface area contributed by atoms with E-state index in [-0.39, 0.29) is 5.67 Å². The molecule has 1 N–H and O–H groups in total. The van der Waals surface area contributed by atoms with Gasteiger partial charge in [0.25, 0.3) is 0 Å². The number of ether oxygens (including phenoxy) is 1. The molecule has 4 rings (SSSR count). The largest absolute Gasteiger partial charge is 0.497 e. The maximum Gasteiger partial charge on any atom is 0.204 e. The molecule has 5 heteroatoms. The van der Waals surface area contributed by atoms with Crippen molar-refractivity contribution in [3.63, 3.8) is 0 Å². The number of rotatable bonds is 8. The van der Waals surface area contributed by atoms with Gasteiger partial charge in [-0.2, -0.15) is 0 Å². The van der Waals surface area contributed by atoms with E-state index in [2.05, 4.69) is 54.6 Å².